The number of hydrogen-bond acceptors (Lipinski definition) is 3. The van der Waals surface area contributed by atoms with E-state index in [0.29, 0.717) is 6.42 Å². The minimum Gasteiger partial charge on any atom is -0.288 e. The van der Waals surface area contributed by atoms with Crippen molar-refractivity contribution >= 4 is 16.1 Å². The molecule has 0 bridgehead atoms. The van der Waals surface area contributed by atoms with Crippen molar-refractivity contribution in [2.45, 2.75) is 19.4 Å². The van der Waals surface area contributed by atoms with E-state index in [2.05, 4.69) is 4.99 Å². The lowest BCUT2D eigenvalue weighted by molar-refractivity contribution is 0.601. The Hall–Kier alpha value is -1.16. The van der Waals surface area contributed by atoms with Crippen molar-refractivity contribution in [1.29, 1.82) is 0 Å². The largest absolute Gasteiger partial charge is 0.288 e. The van der Waals surface area contributed by atoms with Gasteiger partial charge in [-0.05, 0) is 18.9 Å². The van der Waals surface area contributed by atoms with Gasteiger partial charge in [-0.25, -0.2) is 8.42 Å². The van der Waals surface area contributed by atoms with E-state index >= 15 is 0 Å². The molecule has 16 heavy (non-hydrogen) atoms. The zero-order valence-corrected chi connectivity index (χ0v) is 10.1. The van der Waals surface area contributed by atoms with Crippen LogP contribution in [0.25, 0.3) is 0 Å². The summed E-state index contributed by atoms with van der Waals surface area (Å²) >= 11 is 0. The molecule has 1 aromatic rings. The topological polar surface area (TPSA) is 46.5 Å². The normalized spacial score (nSPS) is 23.9. The highest BCUT2D eigenvalue weighted by molar-refractivity contribution is 7.91. The third kappa shape index (κ3) is 2.92. The summed E-state index contributed by atoms with van der Waals surface area (Å²) in [7, 11) is -2.82. The third-order valence-electron chi connectivity index (χ3n) is 2.72. The molecule has 0 saturated carbocycles. The van der Waals surface area contributed by atoms with E-state index in [1.807, 2.05) is 31.2 Å². The molecule has 0 radical (unpaired) electrons. The standard InChI is InChI=1S/C12H15NO2S/c1-10-2-4-11(5-3-10)8-13-12-6-7-16(14,15)9-12/h2-5,8,12H,6-7,9H2,1H3/t12-/m0/s1. The molecule has 0 aliphatic carbocycles. The summed E-state index contributed by atoms with van der Waals surface area (Å²) in [6.45, 7) is 2.03. The SMILES string of the molecule is Cc1ccc(C=N[C@H]2CCS(=O)(=O)C2)cc1. The van der Waals surface area contributed by atoms with Gasteiger partial charge in [0.1, 0.15) is 0 Å². The Balaban J connectivity index is 2.03. The lowest BCUT2D eigenvalue weighted by atomic mass is 10.2. The van der Waals surface area contributed by atoms with Gasteiger partial charge in [0.15, 0.2) is 9.84 Å². The van der Waals surface area contributed by atoms with Crippen LogP contribution < -0.4 is 0 Å². The van der Waals surface area contributed by atoms with Crippen LogP contribution >= 0.6 is 0 Å². The molecule has 1 aliphatic heterocycles. The first kappa shape index (κ1) is 11.3. The fraction of sp³-hybridized carbons (Fsp3) is 0.417. The number of hydrogen-bond donors (Lipinski definition) is 0. The lowest BCUT2D eigenvalue weighted by Gasteiger charge is -1.99. The van der Waals surface area contributed by atoms with E-state index in [-0.39, 0.29) is 17.5 Å². The van der Waals surface area contributed by atoms with Gasteiger partial charge in [0.25, 0.3) is 0 Å². The maximum Gasteiger partial charge on any atom is 0.152 e. The summed E-state index contributed by atoms with van der Waals surface area (Å²) in [4.78, 5) is 4.31. The van der Waals surface area contributed by atoms with Gasteiger partial charge in [0, 0.05) is 6.21 Å². The van der Waals surface area contributed by atoms with E-state index < -0.39 is 9.84 Å². The molecule has 0 N–H and O–H groups in total. The predicted octanol–water partition coefficient (Wildman–Crippen LogP) is 1.60. The molecule has 3 nitrogen and oxygen atoms in total. The molecule has 1 saturated heterocycles. The quantitative estimate of drug-likeness (QED) is 0.733. The molecule has 86 valence electrons. The van der Waals surface area contributed by atoms with Gasteiger partial charge in [0.2, 0.25) is 0 Å². The first-order chi connectivity index (χ1) is 7.55. The number of aryl methyl sites for hydroxylation is 1. The Morgan fingerprint density at radius 2 is 2.00 bits per heavy atom. The van der Waals surface area contributed by atoms with Gasteiger partial charge in [0.05, 0.1) is 17.5 Å². The van der Waals surface area contributed by atoms with E-state index in [1.54, 1.807) is 6.21 Å². The van der Waals surface area contributed by atoms with Crippen molar-refractivity contribution < 1.29 is 8.42 Å². The zero-order valence-electron chi connectivity index (χ0n) is 9.26. The molecule has 0 amide bonds. The molecule has 1 heterocycles. The second-order valence-corrected chi connectivity index (χ2v) is 6.47. The van der Waals surface area contributed by atoms with Gasteiger partial charge in [-0.15, -0.1) is 0 Å². The van der Waals surface area contributed by atoms with Gasteiger partial charge in [-0.3, -0.25) is 4.99 Å². The van der Waals surface area contributed by atoms with E-state index in [4.69, 9.17) is 0 Å². The molecule has 1 aliphatic rings. The Morgan fingerprint density at radius 1 is 1.31 bits per heavy atom. The number of nitrogens with zero attached hydrogens (tertiary/aromatic N) is 1. The highest BCUT2D eigenvalue weighted by atomic mass is 32.2. The monoisotopic (exact) mass is 237 g/mol. The lowest BCUT2D eigenvalue weighted by Crippen LogP contribution is -2.07. The first-order valence-corrected chi connectivity index (χ1v) is 7.17. The Bertz CT molecular complexity index is 488. The Morgan fingerprint density at radius 3 is 2.56 bits per heavy atom. The minimum atomic E-state index is -2.82. The zero-order chi connectivity index (χ0) is 11.6. The summed E-state index contributed by atoms with van der Waals surface area (Å²) in [6.07, 6.45) is 2.43. The van der Waals surface area contributed by atoms with E-state index in [1.165, 1.54) is 5.56 Å². The smallest absolute Gasteiger partial charge is 0.152 e. The maximum atomic E-state index is 11.2. The summed E-state index contributed by atoms with van der Waals surface area (Å²) in [5, 5.41) is 0. The molecule has 0 unspecified atom stereocenters. The van der Waals surface area contributed by atoms with Crippen LogP contribution in [-0.4, -0.2) is 32.2 Å². The second kappa shape index (κ2) is 4.37. The van der Waals surface area contributed by atoms with E-state index in [9.17, 15) is 8.42 Å². The fourth-order valence-electron chi connectivity index (χ4n) is 1.74. The highest BCUT2D eigenvalue weighted by Gasteiger charge is 2.26. The highest BCUT2D eigenvalue weighted by Crippen LogP contribution is 2.14. The average molecular weight is 237 g/mol. The summed E-state index contributed by atoms with van der Waals surface area (Å²) in [5.41, 5.74) is 2.23. The molecule has 1 aromatic carbocycles. The van der Waals surface area contributed by atoms with Crippen LogP contribution in [0.2, 0.25) is 0 Å². The van der Waals surface area contributed by atoms with Crippen molar-refractivity contribution in [3.05, 3.63) is 35.4 Å². The average Bonchev–Trinajstić information content (AvgIpc) is 2.58. The van der Waals surface area contributed by atoms with Crippen LogP contribution in [0.5, 0.6) is 0 Å². The summed E-state index contributed by atoms with van der Waals surface area (Å²) in [5.74, 6) is 0.484. The van der Waals surface area contributed by atoms with Gasteiger partial charge >= 0.3 is 0 Å². The molecular weight excluding hydrogens is 222 g/mol. The number of benzene rings is 1. The van der Waals surface area contributed by atoms with Crippen molar-refractivity contribution in [3.63, 3.8) is 0 Å². The predicted molar refractivity (Wildman–Crippen MR) is 65.8 cm³/mol. The van der Waals surface area contributed by atoms with Crippen LogP contribution in [0, 0.1) is 6.92 Å². The maximum absolute atomic E-state index is 11.2. The van der Waals surface area contributed by atoms with Gasteiger partial charge < -0.3 is 0 Å². The van der Waals surface area contributed by atoms with E-state index in [0.717, 1.165) is 5.56 Å². The van der Waals surface area contributed by atoms with Crippen LogP contribution in [-0.2, 0) is 9.84 Å². The molecule has 4 heteroatoms. The summed E-state index contributed by atoms with van der Waals surface area (Å²) < 4.78 is 22.4. The fourth-order valence-corrected chi connectivity index (χ4v) is 3.37. The third-order valence-corrected chi connectivity index (χ3v) is 4.47. The van der Waals surface area contributed by atoms with Gasteiger partial charge in [-0.2, -0.15) is 0 Å². The molecular formula is C12H15NO2S. The second-order valence-electron chi connectivity index (χ2n) is 4.25. The number of rotatable bonds is 2. The van der Waals surface area contributed by atoms with Crippen LogP contribution in [0.3, 0.4) is 0 Å². The van der Waals surface area contributed by atoms with Crippen molar-refractivity contribution in [2.75, 3.05) is 11.5 Å². The van der Waals surface area contributed by atoms with Crippen LogP contribution in [0.15, 0.2) is 29.3 Å². The molecule has 0 spiro atoms. The van der Waals surface area contributed by atoms with Crippen LogP contribution in [0.4, 0.5) is 0 Å². The summed E-state index contributed by atoms with van der Waals surface area (Å²) in [6, 6.07) is 7.97. The Labute approximate surface area is 96.1 Å². The molecule has 2 rings (SSSR count). The van der Waals surface area contributed by atoms with Crippen molar-refractivity contribution in [3.8, 4) is 0 Å². The molecule has 0 aromatic heterocycles. The van der Waals surface area contributed by atoms with Gasteiger partial charge in [-0.1, -0.05) is 29.8 Å². The number of aliphatic imine (C=N–C) groups is 1. The first-order valence-electron chi connectivity index (χ1n) is 5.35. The minimum absolute atomic E-state index is 0.0497. The number of sulfone groups is 1. The molecule has 1 atom stereocenters. The van der Waals surface area contributed by atoms with Crippen molar-refractivity contribution in [2.24, 2.45) is 4.99 Å². The van der Waals surface area contributed by atoms with Crippen molar-refractivity contribution in [1.82, 2.24) is 0 Å². The Kier molecular flexibility index (Phi) is 3.10. The van der Waals surface area contributed by atoms with Crippen LogP contribution in [0.1, 0.15) is 17.5 Å². The molecule has 1 fully saturated rings.